The Kier molecular flexibility index (Phi) is 5.31. The van der Waals surface area contributed by atoms with E-state index in [1.807, 2.05) is 26.8 Å². The standard InChI is InChI=1S/C20H18BrClN2O3/c1-20(2,3)27-17-15(21)10-12(11-16(17)22)9-14-18(25)23-24(19(14)26)13-7-5-4-6-8-13/h4-11H,1-3H3,(H,23,25). The van der Waals surface area contributed by atoms with Crippen LogP contribution in [0.3, 0.4) is 0 Å². The van der Waals surface area contributed by atoms with Crippen molar-refractivity contribution in [3.63, 3.8) is 0 Å². The molecule has 27 heavy (non-hydrogen) atoms. The molecule has 140 valence electrons. The molecule has 2 amide bonds. The number of ether oxygens (including phenoxy) is 1. The number of nitrogens with one attached hydrogen (secondary N) is 1. The zero-order valence-electron chi connectivity index (χ0n) is 15.0. The number of benzene rings is 2. The number of para-hydroxylation sites is 1. The third kappa shape index (κ3) is 4.34. The number of hydrazine groups is 1. The van der Waals surface area contributed by atoms with Gasteiger partial charge in [-0.15, -0.1) is 0 Å². The molecule has 1 saturated heterocycles. The van der Waals surface area contributed by atoms with Gasteiger partial charge < -0.3 is 4.74 Å². The third-order valence-electron chi connectivity index (χ3n) is 3.65. The van der Waals surface area contributed by atoms with Gasteiger partial charge >= 0.3 is 0 Å². The van der Waals surface area contributed by atoms with Crippen LogP contribution in [0.15, 0.2) is 52.5 Å². The minimum atomic E-state index is -0.467. The molecular weight excluding hydrogens is 432 g/mol. The zero-order valence-corrected chi connectivity index (χ0v) is 17.4. The highest BCUT2D eigenvalue weighted by Gasteiger charge is 2.34. The molecule has 1 fully saturated rings. The number of rotatable bonds is 3. The van der Waals surface area contributed by atoms with E-state index in [-0.39, 0.29) is 5.57 Å². The summed E-state index contributed by atoms with van der Waals surface area (Å²) in [4.78, 5) is 24.9. The Hall–Kier alpha value is -2.31. The Balaban J connectivity index is 1.93. The van der Waals surface area contributed by atoms with E-state index in [4.69, 9.17) is 16.3 Å². The highest BCUT2D eigenvalue weighted by atomic mass is 79.9. The van der Waals surface area contributed by atoms with Crippen molar-refractivity contribution >= 4 is 51.1 Å². The van der Waals surface area contributed by atoms with Gasteiger partial charge in [0, 0.05) is 0 Å². The molecule has 0 aromatic heterocycles. The lowest BCUT2D eigenvalue weighted by atomic mass is 10.1. The van der Waals surface area contributed by atoms with Gasteiger partial charge in [-0.2, -0.15) is 0 Å². The molecule has 1 aliphatic rings. The summed E-state index contributed by atoms with van der Waals surface area (Å²) in [6.07, 6.45) is 1.51. The summed E-state index contributed by atoms with van der Waals surface area (Å²) in [6.45, 7) is 5.77. The molecule has 1 aliphatic heterocycles. The molecule has 0 atom stereocenters. The fourth-order valence-corrected chi connectivity index (χ4v) is 3.49. The first-order valence-corrected chi connectivity index (χ1v) is 9.43. The Morgan fingerprint density at radius 2 is 1.81 bits per heavy atom. The van der Waals surface area contributed by atoms with Crippen LogP contribution < -0.4 is 15.2 Å². The smallest absolute Gasteiger partial charge is 0.282 e. The van der Waals surface area contributed by atoms with Crippen molar-refractivity contribution in [1.29, 1.82) is 0 Å². The van der Waals surface area contributed by atoms with E-state index >= 15 is 0 Å². The van der Waals surface area contributed by atoms with E-state index in [9.17, 15) is 9.59 Å². The lowest BCUT2D eigenvalue weighted by Gasteiger charge is -2.23. The first kappa shape index (κ1) is 19.5. The average Bonchev–Trinajstić information content (AvgIpc) is 2.86. The molecule has 2 aromatic rings. The van der Waals surface area contributed by atoms with Gasteiger partial charge in [-0.25, -0.2) is 5.01 Å². The normalized spacial score (nSPS) is 16.0. The summed E-state index contributed by atoms with van der Waals surface area (Å²) in [7, 11) is 0. The van der Waals surface area contributed by atoms with Gasteiger partial charge in [0.1, 0.15) is 11.2 Å². The Morgan fingerprint density at radius 3 is 2.41 bits per heavy atom. The first-order valence-electron chi connectivity index (χ1n) is 8.26. The summed E-state index contributed by atoms with van der Waals surface area (Å²) in [5.41, 5.74) is 3.39. The van der Waals surface area contributed by atoms with E-state index in [2.05, 4.69) is 21.4 Å². The second-order valence-corrected chi connectivity index (χ2v) is 8.26. The van der Waals surface area contributed by atoms with Crippen molar-refractivity contribution in [2.45, 2.75) is 26.4 Å². The number of nitrogens with zero attached hydrogens (tertiary/aromatic N) is 1. The summed E-state index contributed by atoms with van der Waals surface area (Å²) in [5.74, 6) is -0.376. The zero-order chi connectivity index (χ0) is 19.8. The predicted octanol–water partition coefficient (Wildman–Crippen LogP) is 4.74. The highest BCUT2D eigenvalue weighted by molar-refractivity contribution is 9.10. The molecule has 7 heteroatoms. The number of carbonyl (C=O) groups excluding carboxylic acids is 2. The Morgan fingerprint density at radius 1 is 1.15 bits per heavy atom. The number of anilines is 1. The Labute approximate surface area is 171 Å². The second kappa shape index (κ2) is 7.37. The van der Waals surface area contributed by atoms with Gasteiger partial charge in [0.25, 0.3) is 11.8 Å². The number of carbonyl (C=O) groups is 2. The van der Waals surface area contributed by atoms with E-state index in [1.54, 1.807) is 36.4 Å². The van der Waals surface area contributed by atoms with Crippen LogP contribution in [0, 0.1) is 0 Å². The molecule has 5 nitrogen and oxygen atoms in total. The molecule has 0 saturated carbocycles. The van der Waals surface area contributed by atoms with Gasteiger partial charge in [0.15, 0.2) is 5.75 Å². The van der Waals surface area contributed by atoms with Gasteiger partial charge in [0.05, 0.1) is 15.2 Å². The highest BCUT2D eigenvalue weighted by Crippen LogP contribution is 2.37. The summed E-state index contributed by atoms with van der Waals surface area (Å²) in [5, 5.41) is 1.61. The lowest BCUT2D eigenvalue weighted by molar-refractivity contribution is -0.117. The van der Waals surface area contributed by atoms with E-state index in [1.165, 1.54) is 11.1 Å². The molecule has 1 N–H and O–H groups in total. The molecule has 3 rings (SSSR count). The van der Waals surface area contributed by atoms with Crippen LogP contribution in [0.5, 0.6) is 5.75 Å². The van der Waals surface area contributed by atoms with Gasteiger partial charge in [-0.05, 0) is 72.6 Å². The third-order valence-corrected chi connectivity index (χ3v) is 4.52. The predicted molar refractivity (Wildman–Crippen MR) is 110 cm³/mol. The summed E-state index contributed by atoms with van der Waals surface area (Å²) in [6, 6.07) is 12.3. The molecule has 0 aliphatic carbocycles. The fourth-order valence-electron chi connectivity index (χ4n) is 2.55. The largest absolute Gasteiger partial charge is 0.485 e. The molecule has 1 heterocycles. The molecule has 0 bridgehead atoms. The summed E-state index contributed by atoms with van der Waals surface area (Å²) < 4.78 is 6.49. The van der Waals surface area contributed by atoms with Crippen molar-refractivity contribution in [3.05, 3.63) is 63.1 Å². The van der Waals surface area contributed by atoms with E-state index < -0.39 is 17.4 Å². The molecule has 0 unspecified atom stereocenters. The van der Waals surface area contributed by atoms with Crippen LogP contribution in [-0.4, -0.2) is 17.4 Å². The van der Waals surface area contributed by atoms with Crippen molar-refractivity contribution in [1.82, 2.24) is 5.43 Å². The van der Waals surface area contributed by atoms with Crippen LogP contribution >= 0.6 is 27.5 Å². The summed E-state index contributed by atoms with van der Waals surface area (Å²) >= 11 is 9.79. The van der Waals surface area contributed by atoms with Gasteiger partial charge in [0.2, 0.25) is 0 Å². The van der Waals surface area contributed by atoms with Gasteiger partial charge in [-0.1, -0.05) is 29.8 Å². The van der Waals surface area contributed by atoms with Crippen molar-refractivity contribution in [2.24, 2.45) is 0 Å². The van der Waals surface area contributed by atoms with Crippen LogP contribution in [0.1, 0.15) is 26.3 Å². The average molecular weight is 450 g/mol. The molecule has 0 radical (unpaired) electrons. The van der Waals surface area contributed by atoms with E-state index in [0.717, 1.165) is 0 Å². The molecule has 2 aromatic carbocycles. The maximum atomic E-state index is 12.7. The SMILES string of the molecule is CC(C)(C)Oc1c(Cl)cc(C=C2C(=O)NN(c3ccccc3)C2=O)cc1Br. The van der Waals surface area contributed by atoms with Crippen LogP contribution in [0.25, 0.3) is 6.08 Å². The molecule has 0 spiro atoms. The maximum absolute atomic E-state index is 12.7. The monoisotopic (exact) mass is 448 g/mol. The van der Waals surface area contributed by atoms with Gasteiger partial charge in [-0.3, -0.25) is 15.0 Å². The second-order valence-electron chi connectivity index (χ2n) is 7.00. The van der Waals surface area contributed by atoms with Crippen molar-refractivity contribution < 1.29 is 14.3 Å². The maximum Gasteiger partial charge on any atom is 0.282 e. The van der Waals surface area contributed by atoms with Crippen LogP contribution in [0.4, 0.5) is 5.69 Å². The lowest BCUT2D eigenvalue weighted by Crippen LogP contribution is -2.35. The quantitative estimate of drug-likeness (QED) is 0.544. The number of halogens is 2. The minimum Gasteiger partial charge on any atom is -0.485 e. The number of hydrogen-bond donors (Lipinski definition) is 1. The van der Waals surface area contributed by atoms with Crippen molar-refractivity contribution in [2.75, 3.05) is 5.01 Å². The molecular formula is C20H18BrClN2O3. The van der Waals surface area contributed by atoms with Crippen molar-refractivity contribution in [3.8, 4) is 5.75 Å². The topological polar surface area (TPSA) is 58.6 Å². The van der Waals surface area contributed by atoms with Crippen LogP contribution in [-0.2, 0) is 9.59 Å². The fraction of sp³-hybridized carbons (Fsp3) is 0.200. The number of amides is 2. The number of hydrogen-bond acceptors (Lipinski definition) is 3. The first-order chi connectivity index (χ1) is 12.7. The van der Waals surface area contributed by atoms with E-state index in [0.29, 0.717) is 26.5 Å². The Bertz CT molecular complexity index is 913. The minimum absolute atomic E-state index is 0.0336. The van der Waals surface area contributed by atoms with Crippen LogP contribution in [0.2, 0.25) is 5.02 Å².